The van der Waals surface area contributed by atoms with E-state index in [0.29, 0.717) is 6.54 Å². The molecular formula is C20H30N4O2. The number of amides is 1. The number of guanidine groups is 1. The highest BCUT2D eigenvalue weighted by Crippen LogP contribution is 2.38. The van der Waals surface area contributed by atoms with E-state index in [9.17, 15) is 4.79 Å². The third-order valence-corrected chi connectivity index (χ3v) is 5.21. The Balaban J connectivity index is 1.46. The Morgan fingerprint density at radius 2 is 2.12 bits per heavy atom. The highest BCUT2D eigenvalue weighted by atomic mass is 16.5. The number of carbonyl (C=O) groups excluding carboxylic acids is 1. The molecule has 2 saturated heterocycles. The van der Waals surface area contributed by atoms with Gasteiger partial charge in [0.15, 0.2) is 5.96 Å². The molecule has 1 unspecified atom stereocenters. The van der Waals surface area contributed by atoms with Crippen LogP contribution in [-0.2, 0) is 16.0 Å². The van der Waals surface area contributed by atoms with Gasteiger partial charge in [-0.3, -0.25) is 4.79 Å². The second-order valence-electron chi connectivity index (χ2n) is 7.23. The molecule has 0 radical (unpaired) electrons. The molecule has 0 aromatic heterocycles. The number of rotatable bonds is 6. The van der Waals surface area contributed by atoms with E-state index in [1.165, 1.54) is 5.56 Å². The van der Waals surface area contributed by atoms with Crippen molar-refractivity contribution in [2.45, 2.75) is 26.2 Å². The van der Waals surface area contributed by atoms with Gasteiger partial charge in [-0.25, -0.2) is 4.99 Å². The summed E-state index contributed by atoms with van der Waals surface area (Å²) in [5.41, 5.74) is 1.51. The molecule has 2 aliphatic heterocycles. The van der Waals surface area contributed by atoms with Crippen molar-refractivity contribution in [3.8, 4) is 0 Å². The lowest BCUT2D eigenvalue weighted by Crippen LogP contribution is -2.42. The number of ether oxygens (including phenoxy) is 1. The maximum absolute atomic E-state index is 12.1. The van der Waals surface area contributed by atoms with Gasteiger partial charge in [0.1, 0.15) is 6.54 Å². The molecule has 6 nitrogen and oxygen atoms in total. The standard InChI is InChI=1S/C20H30N4O2/c1-2-21-19(24-12-9-20(15-24)10-13-26-16-20)23-14-18(25)22-11-8-17-6-4-3-5-7-17/h3-7H,2,8-16H2,1H3,(H,21,23)(H,22,25). The molecule has 1 atom stereocenters. The first-order valence-electron chi connectivity index (χ1n) is 9.62. The number of benzene rings is 1. The van der Waals surface area contributed by atoms with Crippen LogP contribution in [0, 0.1) is 5.41 Å². The first kappa shape index (κ1) is 18.7. The molecule has 6 heteroatoms. The Kier molecular flexibility index (Phi) is 6.50. The predicted molar refractivity (Wildman–Crippen MR) is 103 cm³/mol. The molecule has 1 aromatic rings. The van der Waals surface area contributed by atoms with Crippen molar-refractivity contribution in [1.29, 1.82) is 0 Å². The number of carbonyl (C=O) groups is 1. The van der Waals surface area contributed by atoms with Gasteiger partial charge in [0.2, 0.25) is 5.91 Å². The van der Waals surface area contributed by atoms with Crippen molar-refractivity contribution < 1.29 is 9.53 Å². The number of nitrogens with zero attached hydrogens (tertiary/aromatic N) is 2. The number of hydrogen-bond donors (Lipinski definition) is 2. The van der Waals surface area contributed by atoms with Crippen LogP contribution in [0.2, 0.25) is 0 Å². The monoisotopic (exact) mass is 358 g/mol. The van der Waals surface area contributed by atoms with Gasteiger partial charge in [0.05, 0.1) is 6.61 Å². The molecule has 2 N–H and O–H groups in total. The molecule has 3 rings (SSSR count). The summed E-state index contributed by atoms with van der Waals surface area (Å²) in [5, 5.41) is 6.28. The predicted octanol–water partition coefficient (Wildman–Crippen LogP) is 1.42. The van der Waals surface area contributed by atoms with Crippen LogP contribution in [0.25, 0.3) is 0 Å². The largest absolute Gasteiger partial charge is 0.381 e. The topological polar surface area (TPSA) is 66.0 Å². The smallest absolute Gasteiger partial charge is 0.241 e. The van der Waals surface area contributed by atoms with Gasteiger partial charge >= 0.3 is 0 Å². The summed E-state index contributed by atoms with van der Waals surface area (Å²) >= 11 is 0. The molecule has 1 spiro atoms. The highest BCUT2D eigenvalue weighted by molar-refractivity contribution is 5.85. The lowest BCUT2D eigenvalue weighted by atomic mass is 9.87. The maximum atomic E-state index is 12.1. The van der Waals surface area contributed by atoms with Gasteiger partial charge in [-0.05, 0) is 31.7 Å². The molecule has 142 valence electrons. The maximum Gasteiger partial charge on any atom is 0.241 e. The van der Waals surface area contributed by atoms with Crippen molar-refractivity contribution in [2.24, 2.45) is 10.4 Å². The summed E-state index contributed by atoms with van der Waals surface area (Å²) in [4.78, 5) is 18.9. The lowest BCUT2D eigenvalue weighted by Gasteiger charge is -2.24. The van der Waals surface area contributed by atoms with Crippen LogP contribution < -0.4 is 10.6 Å². The van der Waals surface area contributed by atoms with E-state index in [-0.39, 0.29) is 17.9 Å². The first-order chi connectivity index (χ1) is 12.7. The van der Waals surface area contributed by atoms with Crippen molar-refractivity contribution in [3.05, 3.63) is 35.9 Å². The number of likely N-dealkylation sites (tertiary alicyclic amines) is 1. The minimum Gasteiger partial charge on any atom is -0.381 e. The quantitative estimate of drug-likeness (QED) is 0.596. The summed E-state index contributed by atoms with van der Waals surface area (Å²) in [6, 6.07) is 10.2. The van der Waals surface area contributed by atoms with Gasteiger partial charge in [-0.1, -0.05) is 30.3 Å². The van der Waals surface area contributed by atoms with Gasteiger partial charge < -0.3 is 20.3 Å². The van der Waals surface area contributed by atoms with Gasteiger partial charge in [-0.15, -0.1) is 0 Å². The van der Waals surface area contributed by atoms with Gasteiger partial charge in [-0.2, -0.15) is 0 Å². The Morgan fingerprint density at radius 1 is 1.27 bits per heavy atom. The molecule has 26 heavy (non-hydrogen) atoms. The van der Waals surface area contributed by atoms with E-state index in [2.05, 4.69) is 39.6 Å². The molecule has 1 amide bonds. The van der Waals surface area contributed by atoms with Crippen LogP contribution >= 0.6 is 0 Å². The second kappa shape index (κ2) is 9.03. The Hall–Kier alpha value is -2.08. The second-order valence-corrected chi connectivity index (χ2v) is 7.23. The third kappa shape index (κ3) is 4.97. The van der Waals surface area contributed by atoms with Crippen LogP contribution in [0.3, 0.4) is 0 Å². The summed E-state index contributed by atoms with van der Waals surface area (Å²) in [6.07, 6.45) is 3.11. The average molecular weight is 358 g/mol. The summed E-state index contributed by atoms with van der Waals surface area (Å²) in [7, 11) is 0. The van der Waals surface area contributed by atoms with E-state index in [1.807, 2.05) is 18.2 Å². The number of hydrogen-bond acceptors (Lipinski definition) is 3. The highest BCUT2D eigenvalue weighted by Gasteiger charge is 2.42. The van der Waals surface area contributed by atoms with Crippen molar-refractivity contribution in [3.63, 3.8) is 0 Å². The van der Waals surface area contributed by atoms with Crippen LogP contribution in [0.5, 0.6) is 0 Å². The third-order valence-electron chi connectivity index (χ3n) is 5.21. The summed E-state index contributed by atoms with van der Waals surface area (Å²) < 4.78 is 5.60. The first-order valence-corrected chi connectivity index (χ1v) is 9.62. The zero-order chi connectivity index (χ0) is 18.2. The van der Waals surface area contributed by atoms with Crippen LogP contribution in [0.15, 0.2) is 35.3 Å². The minimum atomic E-state index is -0.0329. The summed E-state index contributed by atoms with van der Waals surface area (Å²) in [6.45, 7) is 7.32. The normalized spacial score (nSPS) is 22.8. The van der Waals surface area contributed by atoms with Crippen LogP contribution in [0.1, 0.15) is 25.3 Å². The van der Waals surface area contributed by atoms with E-state index in [0.717, 1.165) is 58.1 Å². The SMILES string of the molecule is CCNC(=NCC(=O)NCCc1ccccc1)N1CCC2(CCOC2)C1. The Bertz CT molecular complexity index is 611. The molecule has 2 fully saturated rings. The number of aliphatic imine (C=N–C) groups is 1. The van der Waals surface area contributed by atoms with Crippen molar-refractivity contribution >= 4 is 11.9 Å². The molecule has 2 aliphatic rings. The Morgan fingerprint density at radius 3 is 2.85 bits per heavy atom. The Labute approximate surface area is 156 Å². The fraction of sp³-hybridized carbons (Fsp3) is 0.600. The zero-order valence-corrected chi connectivity index (χ0v) is 15.7. The van der Waals surface area contributed by atoms with Crippen molar-refractivity contribution in [1.82, 2.24) is 15.5 Å². The van der Waals surface area contributed by atoms with Crippen LogP contribution in [-0.4, -0.2) is 62.7 Å². The van der Waals surface area contributed by atoms with Crippen LogP contribution in [0.4, 0.5) is 0 Å². The summed E-state index contributed by atoms with van der Waals surface area (Å²) in [5.74, 6) is 0.809. The number of nitrogens with one attached hydrogen (secondary N) is 2. The van der Waals surface area contributed by atoms with E-state index < -0.39 is 0 Å². The van der Waals surface area contributed by atoms with E-state index in [1.54, 1.807) is 0 Å². The molecule has 2 heterocycles. The molecule has 0 saturated carbocycles. The molecular weight excluding hydrogens is 328 g/mol. The molecule has 1 aromatic carbocycles. The van der Waals surface area contributed by atoms with Crippen molar-refractivity contribution in [2.75, 3.05) is 45.9 Å². The van der Waals surface area contributed by atoms with Gasteiger partial charge in [0, 0.05) is 38.2 Å². The lowest BCUT2D eigenvalue weighted by molar-refractivity contribution is -0.119. The average Bonchev–Trinajstić information content (AvgIpc) is 3.30. The molecule has 0 aliphatic carbocycles. The van der Waals surface area contributed by atoms with E-state index in [4.69, 9.17) is 4.74 Å². The van der Waals surface area contributed by atoms with Gasteiger partial charge in [0.25, 0.3) is 0 Å². The minimum absolute atomic E-state index is 0.0329. The molecule has 0 bridgehead atoms. The van der Waals surface area contributed by atoms with E-state index >= 15 is 0 Å². The fourth-order valence-electron chi connectivity index (χ4n) is 3.71. The fourth-order valence-corrected chi connectivity index (χ4v) is 3.71. The zero-order valence-electron chi connectivity index (χ0n) is 15.7.